The highest BCUT2D eigenvalue weighted by Crippen LogP contribution is 2.37. The topological polar surface area (TPSA) is 140 Å². The molecule has 1 aromatic carbocycles. The highest BCUT2D eigenvalue weighted by Gasteiger charge is 2.43. The van der Waals surface area contributed by atoms with Crippen LogP contribution in [0.3, 0.4) is 0 Å². The number of aryl methyl sites for hydroxylation is 3. The van der Waals surface area contributed by atoms with Crippen LogP contribution in [-0.2, 0) is 33.6 Å². The molecule has 0 saturated carbocycles. The third kappa shape index (κ3) is 7.74. The molecule has 5 heterocycles. The zero-order valence-corrected chi connectivity index (χ0v) is 27.3. The number of benzene rings is 1. The van der Waals surface area contributed by atoms with E-state index in [4.69, 9.17) is 14.0 Å². The first-order valence-corrected chi connectivity index (χ1v) is 16.7. The quantitative estimate of drug-likeness (QED) is 0.426. The number of ether oxygens (including phenoxy) is 2. The number of carbonyl (C=O) groups excluding carboxylic acids is 3. The minimum absolute atomic E-state index is 0.0186. The van der Waals surface area contributed by atoms with Gasteiger partial charge < -0.3 is 29.1 Å². The van der Waals surface area contributed by atoms with Gasteiger partial charge in [0.1, 0.15) is 0 Å². The summed E-state index contributed by atoms with van der Waals surface area (Å²) in [6.07, 6.45) is 9.29. The molecule has 47 heavy (non-hydrogen) atoms. The molecule has 1 N–H and O–H groups in total. The van der Waals surface area contributed by atoms with Crippen LogP contribution in [0.2, 0.25) is 0 Å². The number of rotatable bonds is 6. The Morgan fingerprint density at radius 1 is 1.02 bits per heavy atom. The molecule has 3 amide bonds. The minimum Gasteiger partial charge on any atom is -0.493 e. The molecule has 0 aliphatic carbocycles. The number of amides is 3. The molecule has 2 saturated heterocycles. The zero-order valence-electron chi connectivity index (χ0n) is 27.3. The molecular weight excluding hydrogens is 600 g/mol. The molecular formula is C35H44N6O6. The summed E-state index contributed by atoms with van der Waals surface area (Å²) in [6.45, 7) is 2.42. The number of nitrogens with zero attached hydrogens (tertiary/aromatic N) is 5. The van der Waals surface area contributed by atoms with Crippen molar-refractivity contribution in [1.82, 2.24) is 30.2 Å². The Kier molecular flexibility index (Phi) is 10.3. The summed E-state index contributed by atoms with van der Waals surface area (Å²) in [5.74, 6) is 2.83. The summed E-state index contributed by atoms with van der Waals surface area (Å²) >= 11 is 0. The van der Waals surface area contributed by atoms with E-state index in [1.807, 2.05) is 23.1 Å². The van der Waals surface area contributed by atoms with Crippen molar-refractivity contribution in [3.8, 4) is 22.9 Å². The van der Waals surface area contributed by atoms with Crippen LogP contribution in [0.4, 0.5) is 0 Å². The van der Waals surface area contributed by atoms with Crippen LogP contribution >= 0.6 is 0 Å². The van der Waals surface area contributed by atoms with Gasteiger partial charge in [0, 0.05) is 75.9 Å². The number of methoxy groups -OCH3 is 2. The monoisotopic (exact) mass is 644 g/mol. The predicted molar refractivity (Wildman–Crippen MR) is 173 cm³/mol. The van der Waals surface area contributed by atoms with E-state index in [0.717, 1.165) is 42.4 Å². The summed E-state index contributed by atoms with van der Waals surface area (Å²) in [4.78, 5) is 52.5. The number of nitrogens with one attached hydrogen (secondary N) is 1. The van der Waals surface area contributed by atoms with Crippen LogP contribution in [0.5, 0.6) is 11.5 Å². The summed E-state index contributed by atoms with van der Waals surface area (Å²) in [6, 6.07) is 7.66. The first kappa shape index (κ1) is 32.5. The number of piperidine rings is 2. The van der Waals surface area contributed by atoms with Crippen LogP contribution in [-0.4, -0.2) is 89.1 Å². The van der Waals surface area contributed by atoms with Crippen LogP contribution in [0.15, 0.2) is 41.2 Å². The Bertz CT molecular complexity index is 1560. The molecule has 12 nitrogen and oxygen atoms in total. The van der Waals surface area contributed by atoms with Crippen LogP contribution < -0.4 is 14.8 Å². The third-order valence-corrected chi connectivity index (χ3v) is 9.69. The van der Waals surface area contributed by atoms with Gasteiger partial charge in [-0.3, -0.25) is 19.4 Å². The van der Waals surface area contributed by atoms with Crippen molar-refractivity contribution in [3.63, 3.8) is 0 Å². The van der Waals surface area contributed by atoms with E-state index in [1.54, 1.807) is 26.6 Å². The number of likely N-dealkylation sites (tertiary alicyclic amines) is 1. The van der Waals surface area contributed by atoms with Gasteiger partial charge >= 0.3 is 0 Å². The van der Waals surface area contributed by atoms with E-state index in [2.05, 4.69) is 31.4 Å². The second-order valence-electron chi connectivity index (χ2n) is 12.9. The normalized spacial score (nSPS) is 22.3. The maximum absolute atomic E-state index is 13.9. The number of hydrogen-bond donors (Lipinski definition) is 1. The second kappa shape index (κ2) is 15.0. The standard InChI is InChI=1S/C35H44N6O6/c1-45-29-19-23-8-10-33(44)41-21-24-18-27(28(41)6-3-7-30(42)37-14-4-5-26(17-23)34(29)46-2)22-40(20-24)32(43)11-9-31-38-35(39-47-31)25-12-15-36-16-13-25/h12-13,15-17,19,24,27-28H,3-11,14,18,20-22H2,1-2H3,(H,37,42)/t24-,27+,28-/m0/s1. The Labute approximate surface area is 275 Å². The number of aromatic nitrogens is 3. The zero-order chi connectivity index (χ0) is 32.8. The first-order chi connectivity index (χ1) is 22.9. The summed E-state index contributed by atoms with van der Waals surface area (Å²) < 4.78 is 16.7. The molecule has 2 fully saturated rings. The maximum Gasteiger partial charge on any atom is 0.227 e. The lowest BCUT2D eigenvalue weighted by Gasteiger charge is -2.51. The van der Waals surface area contributed by atoms with Gasteiger partial charge in [0.05, 0.1) is 14.2 Å². The Morgan fingerprint density at radius 2 is 1.87 bits per heavy atom. The molecule has 4 bridgehead atoms. The molecule has 0 radical (unpaired) electrons. The van der Waals surface area contributed by atoms with Crippen molar-refractivity contribution in [1.29, 1.82) is 0 Å². The lowest BCUT2D eigenvalue weighted by atomic mass is 9.77. The lowest BCUT2D eigenvalue weighted by molar-refractivity contribution is -0.145. The van der Waals surface area contributed by atoms with E-state index >= 15 is 0 Å². The van der Waals surface area contributed by atoms with E-state index < -0.39 is 0 Å². The fourth-order valence-corrected chi connectivity index (χ4v) is 7.45. The Hall–Kier alpha value is -4.48. The van der Waals surface area contributed by atoms with Gasteiger partial charge in [0.25, 0.3) is 0 Å². The Balaban J connectivity index is 1.13. The maximum atomic E-state index is 13.9. The number of carbonyl (C=O) groups is 3. The predicted octanol–water partition coefficient (Wildman–Crippen LogP) is 3.62. The van der Waals surface area contributed by atoms with E-state index in [9.17, 15) is 14.4 Å². The smallest absolute Gasteiger partial charge is 0.227 e. The second-order valence-corrected chi connectivity index (χ2v) is 12.9. The van der Waals surface area contributed by atoms with Crippen LogP contribution in [0.1, 0.15) is 62.0 Å². The van der Waals surface area contributed by atoms with Gasteiger partial charge in [-0.1, -0.05) is 11.2 Å². The molecule has 0 spiro atoms. The number of fused-ring (bicyclic) bond motifs is 6. The fourth-order valence-electron chi connectivity index (χ4n) is 7.45. The highest BCUT2D eigenvalue weighted by atomic mass is 16.5. The van der Waals surface area contributed by atoms with Gasteiger partial charge in [0.2, 0.25) is 29.4 Å². The summed E-state index contributed by atoms with van der Waals surface area (Å²) in [5, 5.41) is 7.11. The molecule has 3 aliphatic heterocycles. The van der Waals surface area contributed by atoms with Gasteiger partial charge in [-0.25, -0.2) is 0 Å². The average molecular weight is 645 g/mol. The number of hydrogen-bond acceptors (Lipinski definition) is 9. The van der Waals surface area contributed by atoms with E-state index in [1.165, 1.54) is 0 Å². The largest absolute Gasteiger partial charge is 0.493 e. The first-order valence-electron chi connectivity index (χ1n) is 16.7. The van der Waals surface area contributed by atoms with Crippen LogP contribution in [0, 0.1) is 11.8 Å². The van der Waals surface area contributed by atoms with Crippen molar-refractivity contribution in [2.45, 2.75) is 70.3 Å². The minimum atomic E-state index is -0.0186. The van der Waals surface area contributed by atoms with E-state index in [0.29, 0.717) is 81.5 Å². The van der Waals surface area contributed by atoms with Gasteiger partial charge in [-0.2, -0.15) is 4.98 Å². The molecule has 3 aromatic rings. The fraction of sp³-hybridized carbons (Fsp3) is 0.543. The molecule has 0 unspecified atom stereocenters. The number of pyridine rings is 1. The average Bonchev–Trinajstić information content (AvgIpc) is 3.57. The van der Waals surface area contributed by atoms with E-state index in [-0.39, 0.29) is 42.0 Å². The van der Waals surface area contributed by atoms with Crippen molar-refractivity contribution < 1.29 is 28.4 Å². The molecule has 3 atom stereocenters. The van der Waals surface area contributed by atoms with Crippen molar-refractivity contribution in [3.05, 3.63) is 53.7 Å². The van der Waals surface area contributed by atoms with Gasteiger partial charge in [-0.15, -0.1) is 0 Å². The highest BCUT2D eigenvalue weighted by molar-refractivity contribution is 5.78. The molecule has 12 heteroatoms. The van der Waals surface area contributed by atoms with Crippen LogP contribution in [0.25, 0.3) is 11.4 Å². The third-order valence-electron chi connectivity index (χ3n) is 9.69. The molecule has 2 aromatic heterocycles. The summed E-state index contributed by atoms with van der Waals surface area (Å²) in [7, 11) is 3.26. The molecule has 3 aliphatic rings. The van der Waals surface area contributed by atoms with Gasteiger partial charge in [0.15, 0.2) is 11.5 Å². The molecule has 250 valence electrons. The van der Waals surface area contributed by atoms with Crippen molar-refractivity contribution >= 4 is 17.7 Å². The van der Waals surface area contributed by atoms with Crippen molar-refractivity contribution in [2.75, 3.05) is 40.4 Å². The Morgan fingerprint density at radius 3 is 2.68 bits per heavy atom. The van der Waals surface area contributed by atoms with Gasteiger partial charge in [-0.05, 0) is 79.7 Å². The molecule has 6 rings (SSSR count). The summed E-state index contributed by atoms with van der Waals surface area (Å²) in [5.41, 5.74) is 2.85. The van der Waals surface area contributed by atoms with Crippen molar-refractivity contribution in [2.24, 2.45) is 11.8 Å². The SMILES string of the molecule is COc1cc2cc(c1OC)CCCNC(=O)CCC[C@H]1[C@@H]3C[C@@H](CN(C(=O)CCc4nc(-c5ccncc5)no4)C3)CN1C(=O)CC2. The lowest BCUT2D eigenvalue weighted by Crippen LogP contribution is -2.60.